The number of nitrogens with zero attached hydrogens (tertiary/aromatic N) is 1. The van der Waals surface area contributed by atoms with Gasteiger partial charge in [0, 0.05) is 16.7 Å². The first-order chi connectivity index (χ1) is 14.9. The highest BCUT2D eigenvalue weighted by molar-refractivity contribution is 9.10. The van der Waals surface area contributed by atoms with Crippen LogP contribution in [-0.2, 0) is 18.4 Å². The highest BCUT2D eigenvalue weighted by Crippen LogP contribution is 2.44. The lowest BCUT2D eigenvalue weighted by atomic mass is 9.76. The second-order valence-corrected chi connectivity index (χ2v) is 10.0. The van der Waals surface area contributed by atoms with E-state index in [1.54, 1.807) is 7.11 Å². The van der Waals surface area contributed by atoms with Crippen molar-refractivity contribution in [3.8, 4) is 5.75 Å². The third-order valence-electron chi connectivity index (χ3n) is 6.65. The van der Waals surface area contributed by atoms with Gasteiger partial charge in [0.15, 0.2) is 0 Å². The van der Waals surface area contributed by atoms with Crippen molar-refractivity contribution in [1.29, 1.82) is 0 Å². The first kappa shape index (κ1) is 22.0. The second-order valence-electron chi connectivity index (χ2n) is 9.10. The van der Waals surface area contributed by atoms with E-state index in [1.165, 1.54) is 34.4 Å². The average Bonchev–Trinajstić information content (AvgIpc) is 2.78. The van der Waals surface area contributed by atoms with Crippen molar-refractivity contribution in [2.45, 2.75) is 45.6 Å². The SMILES string of the molecule is COc1ccc2c(c1)CCN(c1ccc(CCC(C)C)cc1)C2(C)c1ccc(Br)cc1. The highest BCUT2D eigenvalue weighted by Gasteiger charge is 2.40. The van der Waals surface area contributed by atoms with Gasteiger partial charge < -0.3 is 9.64 Å². The maximum atomic E-state index is 5.51. The predicted octanol–water partition coefficient (Wildman–Crippen LogP) is 7.37. The Morgan fingerprint density at radius 1 is 1.00 bits per heavy atom. The molecule has 1 aliphatic rings. The Morgan fingerprint density at radius 2 is 1.71 bits per heavy atom. The molecule has 3 aromatic carbocycles. The Labute approximate surface area is 195 Å². The van der Waals surface area contributed by atoms with Crippen molar-refractivity contribution in [2.24, 2.45) is 5.92 Å². The predicted molar refractivity (Wildman–Crippen MR) is 134 cm³/mol. The van der Waals surface area contributed by atoms with Gasteiger partial charge in [-0.25, -0.2) is 0 Å². The van der Waals surface area contributed by atoms with E-state index in [4.69, 9.17) is 4.74 Å². The van der Waals surface area contributed by atoms with Gasteiger partial charge in [-0.05, 0) is 90.8 Å². The fraction of sp³-hybridized carbons (Fsp3) is 0.357. The topological polar surface area (TPSA) is 12.5 Å². The molecule has 0 amide bonds. The van der Waals surface area contributed by atoms with E-state index in [9.17, 15) is 0 Å². The van der Waals surface area contributed by atoms with Crippen LogP contribution in [0.2, 0.25) is 0 Å². The molecule has 3 heteroatoms. The molecular weight excluding hydrogens is 446 g/mol. The monoisotopic (exact) mass is 477 g/mol. The van der Waals surface area contributed by atoms with E-state index >= 15 is 0 Å². The maximum absolute atomic E-state index is 5.51. The van der Waals surface area contributed by atoms with Gasteiger partial charge in [-0.3, -0.25) is 0 Å². The molecule has 0 radical (unpaired) electrons. The van der Waals surface area contributed by atoms with Crippen LogP contribution in [0, 0.1) is 5.92 Å². The molecule has 0 spiro atoms. The summed E-state index contributed by atoms with van der Waals surface area (Å²) in [6.07, 6.45) is 3.38. The molecule has 1 aliphatic heterocycles. The summed E-state index contributed by atoms with van der Waals surface area (Å²) in [6, 6.07) is 24.6. The molecule has 31 heavy (non-hydrogen) atoms. The molecule has 0 saturated carbocycles. The lowest BCUT2D eigenvalue weighted by Gasteiger charge is -2.48. The molecule has 0 N–H and O–H groups in total. The van der Waals surface area contributed by atoms with Gasteiger partial charge >= 0.3 is 0 Å². The zero-order valence-electron chi connectivity index (χ0n) is 19.0. The Kier molecular flexibility index (Phi) is 6.43. The van der Waals surface area contributed by atoms with E-state index in [0.29, 0.717) is 0 Å². The van der Waals surface area contributed by atoms with Crippen LogP contribution in [0.3, 0.4) is 0 Å². The van der Waals surface area contributed by atoms with Crippen molar-refractivity contribution in [1.82, 2.24) is 0 Å². The van der Waals surface area contributed by atoms with Gasteiger partial charge in [0.1, 0.15) is 5.75 Å². The van der Waals surface area contributed by atoms with Gasteiger partial charge in [-0.1, -0.05) is 60.1 Å². The van der Waals surface area contributed by atoms with Crippen LogP contribution < -0.4 is 9.64 Å². The number of anilines is 1. The quantitative estimate of drug-likeness (QED) is 0.367. The molecule has 3 aromatic rings. The summed E-state index contributed by atoms with van der Waals surface area (Å²) in [5.41, 5.74) is 6.47. The van der Waals surface area contributed by atoms with Crippen molar-refractivity contribution in [3.63, 3.8) is 0 Å². The number of hydrogen-bond donors (Lipinski definition) is 0. The molecule has 162 valence electrons. The normalized spacial score (nSPS) is 18.2. The number of fused-ring (bicyclic) bond motifs is 1. The third-order valence-corrected chi connectivity index (χ3v) is 7.17. The number of aryl methyl sites for hydroxylation is 1. The van der Waals surface area contributed by atoms with Crippen molar-refractivity contribution >= 4 is 21.6 Å². The minimum atomic E-state index is -0.250. The molecule has 1 heterocycles. The summed E-state index contributed by atoms with van der Waals surface area (Å²) in [7, 11) is 1.74. The molecule has 1 atom stereocenters. The van der Waals surface area contributed by atoms with Crippen LogP contribution >= 0.6 is 15.9 Å². The largest absolute Gasteiger partial charge is 0.497 e. The van der Waals surface area contributed by atoms with Gasteiger partial charge in [0.25, 0.3) is 0 Å². The number of benzene rings is 3. The van der Waals surface area contributed by atoms with Crippen LogP contribution in [-0.4, -0.2) is 13.7 Å². The minimum absolute atomic E-state index is 0.250. The smallest absolute Gasteiger partial charge is 0.119 e. The maximum Gasteiger partial charge on any atom is 0.119 e. The summed E-state index contributed by atoms with van der Waals surface area (Å²) in [6.45, 7) is 7.90. The summed E-state index contributed by atoms with van der Waals surface area (Å²) < 4.78 is 6.62. The van der Waals surface area contributed by atoms with E-state index in [0.717, 1.165) is 35.5 Å². The molecular formula is C28H32BrNO. The minimum Gasteiger partial charge on any atom is -0.497 e. The number of ether oxygens (including phenoxy) is 1. The van der Waals surface area contributed by atoms with E-state index in [2.05, 4.69) is 108 Å². The van der Waals surface area contributed by atoms with Crippen LogP contribution in [0.15, 0.2) is 71.2 Å². The lowest BCUT2D eigenvalue weighted by molar-refractivity contribution is 0.411. The third kappa shape index (κ3) is 4.39. The van der Waals surface area contributed by atoms with E-state index in [-0.39, 0.29) is 5.54 Å². The number of methoxy groups -OCH3 is 1. The number of rotatable bonds is 6. The molecule has 0 aromatic heterocycles. The van der Waals surface area contributed by atoms with E-state index in [1.807, 2.05) is 0 Å². The van der Waals surface area contributed by atoms with Crippen molar-refractivity contribution < 1.29 is 4.74 Å². The van der Waals surface area contributed by atoms with Crippen molar-refractivity contribution in [3.05, 3.63) is 93.5 Å². The van der Waals surface area contributed by atoms with Crippen LogP contribution in [0.25, 0.3) is 0 Å². The van der Waals surface area contributed by atoms with Crippen molar-refractivity contribution in [2.75, 3.05) is 18.6 Å². The first-order valence-corrected chi connectivity index (χ1v) is 12.0. The molecule has 0 saturated heterocycles. The fourth-order valence-electron chi connectivity index (χ4n) is 4.75. The Balaban J connectivity index is 1.76. The average molecular weight is 478 g/mol. The zero-order valence-corrected chi connectivity index (χ0v) is 20.6. The molecule has 0 fully saturated rings. The molecule has 0 aliphatic carbocycles. The van der Waals surface area contributed by atoms with E-state index < -0.39 is 0 Å². The standard InChI is InChI=1S/C28H32BrNO/c1-20(2)5-6-21-7-13-25(14-8-21)30-18-17-22-19-26(31-4)15-16-27(22)28(30,3)23-9-11-24(29)12-10-23/h7-16,19-20H,5-6,17-18H2,1-4H3. The molecule has 1 unspecified atom stereocenters. The van der Waals surface area contributed by atoms with Gasteiger partial charge in [-0.15, -0.1) is 0 Å². The molecule has 2 nitrogen and oxygen atoms in total. The first-order valence-electron chi connectivity index (χ1n) is 11.2. The Morgan fingerprint density at radius 3 is 2.35 bits per heavy atom. The van der Waals surface area contributed by atoms with Gasteiger partial charge in [0.05, 0.1) is 12.6 Å². The summed E-state index contributed by atoms with van der Waals surface area (Å²) >= 11 is 3.60. The molecule has 4 rings (SSSR count). The fourth-order valence-corrected chi connectivity index (χ4v) is 5.02. The van der Waals surface area contributed by atoms with Crippen LogP contribution in [0.4, 0.5) is 5.69 Å². The summed E-state index contributed by atoms with van der Waals surface area (Å²) in [4.78, 5) is 2.57. The van der Waals surface area contributed by atoms with Gasteiger partial charge in [-0.2, -0.15) is 0 Å². The number of hydrogen-bond acceptors (Lipinski definition) is 2. The van der Waals surface area contributed by atoms with Gasteiger partial charge in [0.2, 0.25) is 0 Å². The van der Waals surface area contributed by atoms with Crippen LogP contribution in [0.5, 0.6) is 5.75 Å². The Bertz CT molecular complexity index is 1030. The Hall–Kier alpha value is -2.26. The van der Waals surface area contributed by atoms with Crippen LogP contribution in [0.1, 0.15) is 49.4 Å². The summed E-state index contributed by atoms with van der Waals surface area (Å²) in [5.74, 6) is 1.66. The highest BCUT2D eigenvalue weighted by atomic mass is 79.9. The zero-order chi connectivity index (χ0) is 22.0. The lowest BCUT2D eigenvalue weighted by Crippen LogP contribution is -2.49. The number of halogens is 1. The second kappa shape index (κ2) is 9.08. The summed E-state index contributed by atoms with van der Waals surface area (Å²) in [5, 5.41) is 0. The molecule has 0 bridgehead atoms.